The van der Waals surface area contributed by atoms with Gasteiger partial charge in [-0.3, -0.25) is 10.6 Å². The molecule has 0 aliphatic carbocycles. The number of alkyl carbamates (subject to hydrolysis) is 2. The number of carbonyl (C=O) groups excluding carboxylic acids is 2. The molecule has 0 aromatic carbocycles. The number of alkyl halides is 6. The van der Waals surface area contributed by atoms with Crippen molar-refractivity contribution in [2.75, 3.05) is 13.2 Å². The van der Waals surface area contributed by atoms with Gasteiger partial charge in [0, 0.05) is 0 Å². The van der Waals surface area contributed by atoms with Gasteiger partial charge in [-0.1, -0.05) is 83.5 Å². The van der Waals surface area contributed by atoms with Crippen LogP contribution in [0.2, 0.25) is 0 Å². The van der Waals surface area contributed by atoms with Crippen LogP contribution in [0.25, 0.3) is 0 Å². The van der Waals surface area contributed by atoms with Gasteiger partial charge in [0.05, 0.1) is 13.2 Å². The van der Waals surface area contributed by atoms with E-state index in [1.54, 1.807) is 13.8 Å². The largest absolute Gasteiger partial charge is 0.450 e. The van der Waals surface area contributed by atoms with Crippen LogP contribution in [0.1, 0.15) is 26.7 Å². The van der Waals surface area contributed by atoms with Gasteiger partial charge in [0.25, 0.3) is 0 Å². The van der Waals surface area contributed by atoms with Gasteiger partial charge in [-0.05, 0) is 12.8 Å². The fourth-order valence-corrected chi connectivity index (χ4v) is 1.84. The Hall–Kier alpha value is 0.240. The van der Waals surface area contributed by atoms with Crippen LogP contribution < -0.4 is 10.6 Å². The second-order valence-electron chi connectivity index (χ2n) is 4.54. The molecule has 0 rings (SSSR count). The Morgan fingerprint density at radius 3 is 1.36 bits per heavy atom. The van der Waals surface area contributed by atoms with Crippen molar-refractivity contribution < 1.29 is 23.8 Å². The highest BCUT2D eigenvalue weighted by molar-refractivity contribution is 6.68. The van der Waals surface area contributed by atoms with Crippen LogP contribution in [0.15, 0.2) is 0 Å². The average Bonchev–Trinajstić information content (AvgIpc) is 2.47. The first-order valence-corrected chi connectivity index (χ1v) is 9.34. The van der Waals surface area contributed by atoms with Crippen molar-refractivity contribution in [1.29, 1.82) is 0 Å². The number of carbonyl (C=O) groups is 2. The standard InChI is InChI=1S/C12H18Cl6N2O5/c1-3-5-23-9(21)19-7(11(13,14)15)25-8(12(16,17)18)20-10(22)24-6-4-2/h7-8H,3-6H2,1-2H3,(H,19,21)(H,20,22)/t7-,8-/m1/s1. The molecule has 2 atom stereocenters. The van der Waals surface area contributed by atoms with Crippen molar-refractivity contribution in [3.63, 3.8) is 0 Å². The van der Waals surface area contributed by atoms with Crippen LogP contribution >= 0.6 is 69.6 Å². The molecule has 13 heteroatoms. The lowest BCUT2D eigenvalue weighted by molar-refractivity contribution is -0.0395. The second kappa shape index (κ2) is 11.8. The fraction of sp³-hybridized carbons (Fsp3) is 0.833. The van der Waals surface area contributed by atoms with Gasteiger partial charge in [0.1, 0.15) is 0 Å². The number of hydrogen-bond acceptors (Lipinski definition) is 5. The van der Waals surface area contributed by atoms with E-state index >= 15 is 0 Å². The van der Waals surface area contributed by atoms with Crippen molar-refractivity contribution in [3.05, 3.63) is 0 Å². The Morgan fingerprint density at radius 2 is 1.12 bits per heavy atom. The van der Waals surface area contributed by atoms with Crippen LogP contribution in [-0.2, 0) is 14.2 Å². The molecule has 2 amide bonds. The first kappa shape index (κ1) is 25.2. The summed E-state index contributed by atoms with van der Waals surface area (Å²) in [5, 5.41) is 4.33. The molecule has 25 heavy (non-hydrogen) atoms. The third-order valence-corrected chi connectivity index (χ3v) is 3.43. The molecule has 0 spiro atoms. The highest BCUT2D eigenvalue weighted by Gasteiger charge is 2.43. The zero-order valence-electron chi connectivity index (χ0n) is 13.3. The fourth-order valence-electron chi connectivity index (χ4n) is 1.21. The minimum absolute atomic E-state index is 0.133. The Kier molecular flexibility index (Phi) is 12.0. The molecule has 0 saturated carbocycles. The predicted molar refractivity (Wildman–Crippen MR) is 98.8 cm³/mol. The zero-order chi connectivity index (χ0) is 19.7. The van der Waals surface area contributed by atoms with Crippen molar-refractivity contribution >= 4 is 81.8 Å². The molecule has 0 unspecified atom stereocenters. The minimum atomic E-state index is -2.16. The molecule has 2 N–H and O–H groups in total. The Morgan fingerprint density at radius 1 is 0.800 bits per heavy atom. The lowest BCUT2D eigenvalue weighted by atomic mass is 10.5. The van der Waals surface area contributed by atoms with Crippen LogP contribution in [0, 0.1) is 0 Å². The Bertz CT molecular complexity index is 391. The molecular weight excluding hydrogens is 465 g/mol. The van der Waals surface area contributed by atoms with Gasteiger partial charge in [-0.25, -0.2) is 9.59 Å². The van der Waals surface area contributed by atoms with Crippen LogP contribution in [-0.4, -0.2) is 45.4 Å². The topological polar surface area (TPSA) is 85.9 Å². The van der Waals surface area contributed by atoms with E-state index < -0.39 is 32.2 Å². The number of ether oxygens (including phenoxy) is 3. The number of hydrogen-bond donors (Lipinski definition) is 2. The normalized spacial score (nSPS) is 14.4. The van der Waals surface area contributed by atoms with Crippen molar-refractivity contribution in [1.82, 2.24) is 10.6 Å². The lowest BCUT2D eigenvalue weighted by Gasteiger charge is -2.32. The summed E-state index contributed by atoms with van der Waals surface area (Å²) in [6.07, 6.45) is -3.89. The smallest absolute Gasteiger partial charge is 0.409 e. The summed E-state index contributed by atoms with van der Waals surface area (Å²) in [5.41, 5.74) is 0. The molecule has 0 heterocycles. The second-order valence-corrected chi connectivity index (χ2v) is 9.28. The number of amides is 2. The SMILES string of the molecule is CCCOC(=O)N[C@H](O[C@@H](NC(=O)OCCC)C(Cl)(Cl)Cl)C(Cl)(Cl)Cl. The van der Waals surface area contributed by atoms with E-state index in [2.05, 4.69) is 10.6 Å². The average molecular weight is 483 g/mol. The van der Waals surface area contributed by atoms with Gasteiger partial charge in [-0.15, -0.1) is 0 Å². The van der Waals surface area contributed by atoms with E-state index in [9.17, 15) is 9.59 Å². The number of halogens is 6. The van der Waals surface area contributed by atoms with Crippen molar-refractivity contribution in [3.8, 4) is 0 Å². The maximum Gasteiger partial charge on any atom is 0.409 e. The summed E-state index contributed by atoms with van der Waals surface area (Å²) in [6.45, 7) is 3.85. The monoisotopic (exact) mass is 480 g/mol. The molecular formula is C12H18Cl6N2O5. The van der Waals surface area contributed by atoms with E-state index in [0.29, 0.717) is 12.8 Å². The minimum Gasteiger partial charge on any atom is -0.450 e. The van der Waals surface area contributed by atoms with Gasteiger partial charge in [0.2, 0.25) is 7.59 Å². The highest BCUT2D eigenvalue weighted by atomic mass is 35.6. The van der Waals surface area contributed by atoms with Crippen LogP contribution in [0.3, 0.4) is 0 Å². The third kappa shape index (κ3) is 11.5. The molecule has 0 radical (unpaired) electrons. The summed E-state index contributed by atoms with van der Waals surface area (Å²) in [6, 6.07) is 0. The van der Waals surface area contributed by atoms with Gasteiger partial charge < -0.3 is 14.2 Å². The maximum absolute atomic E-state index is 11.7. The molecule has 0 saturated heterocycles. The number of nitrogens with one attached hydrogen (secondary N) is 2. The van der Waals surface area contributed by atoms with Gasteiger partial charge >= 0.3 is 12.2 Å². The first-order chi connectivity index (χ1) is 11.4. The zero-order valence-corrected chi connectivity index (χ0v) is 17.8. The number of rotatable bonds is 8. The van der Waals surface area contributed by atoms with E-state index in [1.807, 2.05) is 0 Å². The van der Waals surface area contributed by atoms with Crippen LogP contribution in [0.5, 0.6) is 0 Å². The molecule has 0 aliphatic rings. The van der Waals surface area contributed by atoms with Gasteiger partial charge in [0.15, 0.2) is 12.5 Å². The molecule has 7 nitrogen and oxygen atoms in total. The van der Waals surface area contributed by atoms with Crippen molar-refractivity contribution in [2.24, 2.45) is 0 Å². The first-order valence-electron chi connectivity index (χ1n) is 7.07. The van der Waals surface area contributed by atoms with Crippen LogP contribution in [0.4, 0.5) is 9.59 Å². The third-order valence-electron chi connectivity index (χ3n) is 2.24. The summed E-state index contributed by atoms with van der Waals surface area (Å²) in [4.78, 5) is 23.3. The summed E-state index contributed by atoms with van der Waals surface area (Å²) < 4.78 is 10.6. The maximum atomic E-state index is 11.7. The molecule has 0 aliphatic heterocycles. The van der Waals surface area contributed by atoms with E-state index in [0.717, 1.165) is 0 Å². The quantitative estimate of drug-likeness (QED) is 0.388. The predicted octanol–water partition coefficient (Wildman–Crippen LogP) is 4.67. The van der Waals surface area contributed by atoms with E-state index in [4.69, 9.17) is 83.8 Å². The Balaban J connectivity index is 5.08. The molecule has 0 bridgehead atoms. The van der Waals surface area contributed by atoms with Gasteiger partial charge in [-0.2, -0.15) is 0 Å². The lowest BCUT2D eigenvalue weighted by Crippen LogP contribution is -2.55. The molecule has 0 aromatic rings. The molecule has 0 aromatic heterocycles. The highest BCUT2D eigenvalue weighted by Crippen LogP contribution is 2.36. The van der Waals surface area contributed by atoms with Crippen molar-refractivity contribution in [2.45, 2.75) is 46.7 Å². The summed E-state index contributed by atoms with van der Waals surface area (Å²) >= 11 is 34.5. The summed E-state index contributed by atoms with van der Waals surface area (Å²) in [5.74, 6) is 0. The molecule has 148 valence electrons. The Labute approximate surface area is 175 Å². The molecule has 0 fully saturated rings. The van der Waals surface area contributed by atoms with E-state index in [-0.39, 0.29) is 13.2 Å². The summed E-state index contributed by atoms with van der Waals surface area (Å²) in [7, 11) is 0. The van der Waals surface area contributed by atoms with E-state index in [1.165, 1.54) is 0 Å².